The third-order valence-corrected chi connectivity index (χ3v) is 4.15. The van der Waals surface area contributed by atoms with E-state index in [1.54, 1.807) is 0 Å². The highest BCUT2D eigenvalue weighted by Gasteiger charge is 2.35. The first-order valence-corrected chi connectivity index (χ1v) is 6.78. The van der Waals surface area contributed by atoms with Gasteiger partial charge < -0.3 is 5.11 Å². The molecule has 0 aromatic heterocycles. The number of benzene rings is 1. The van der Waals surface area contributed by atoms with Crippen LogP contribution in [0.2, 0.25) is 0 Å². The fraction of sp³-hybridized carbons (Fsp3) is 0.600. The molecular weight excluding hydrogens is 248 g/mol. The van der Waals surface area contributed by atoms with Crippen LogP contribution >= 0.6 is 0 Å². The molecule has 19 heavy (non-hydrogen) atoms. The zero-order chi connectivity index (χ0) is 14.0. The van der Waals surface area contributed by atoms with E-state index in [0.717, 1.165) is 32.0 Å². The zero-order valence-corrected chi connectivity index (χ0v) is 11.5. The normalized spacial score (nSPS) is 18.8. The molecule has 1 aromatic rings. The van der Waals surface area contributed by atoms with Crippen LogP contribution in [0.1, 0.15) is 32.3 Å². The summed E-state index contributed by atoms with van der Waals surface area (Å²) in [6.07, 6.45) is 2.04. The number of hydrogen-bond donors (Lipinski definition) is 1. The molecule has 1 atom stereocenters. The van der Waals surface area contributed by atoms with Gasteiger partial charge in [-0.05, 0) is 57.5 Å². The topological polar surface area (TPSA) is 23.5 Å². The van der Waals surface area contributed by atoms with Crippen LogP contribution in [0.25, 0.3) is 0 Å². The van der Waals surface area contributed by atoms with E-state index in [4.69, 9.17) is 0 Å². The number of aliphatic hydroxyl groups excluding tert-OH is 1. The Balaban J connectivity index is 2.06. The van der Waals surface area contributed by atoms with E-state index in [9.17, 15) is 13.9 Å². The van der Waals surface area contributed by atoms with Crippen molar-refractivity contribution in [2.45, 2.75) is 44.8 Å². The van der Waals surface area contributed by atoms with Gasteiger partial charge in [0, 0.05) is 12.0 Å². The molecule has 1 N–H and O–H groups in total. The smallest absolute Gasteiger partial charge is 0.159 e. The van der Waals surface area contributed by atoms with Crippen LogP contribution in [0.5, 0.6) is 0 Å². The summed E-state index contributed by atoms with van der Waals surface area (Å²) in [5, 5.41) is 10.4. The van der Waals surface area contributed by atoms with Crippen molar-refractivity contribution in [2.75, 3.05) is 13.1 Å². The van der Waals surface area contributed by atoms with Gasteiger partial charge in [0.2, 0.25) is 0 Å². The summed E-state index contributed by atoms with van der Waals surface area (Å²) in [4.78, 5) is 2.26. The highest BCUT2D eigenvalue weighted by atomic mass is 19.2. The molecule has 1 aromatic carbocycles. The SMILES string of the molecule is CC(C)(C(O)Cc1ccc(F)c(F)c1)N1CCCC1. The molecule has 1 heterocycles. The van der Waals surface area contributed by atoms with Crippen molar-refractivity contribution in [1.29, 1.82) is 0 Å². The monoisotopic (exact) mass is 269 g/mol. The van der Waals surface area contributed by atoms with E-state index in [2.05, 4.69) is 4.90 Å². The molecule has 1 aliphatic heterocycles. The summed E-state index contributed by atoms with van der Waals surface area (Å²) in [5.41, 5.74) is 0.278. The van der Waals surface area contributed by atoms with Crippen LogP contribution < -0.4 is 0 Å². The highest BCUT2D eigenvalue weighted by molar-refractivity contribution is 5.19. The van der Waals surface area contributed by atoms with Crippen LogP contribution in [-0.2, 0) is 6.42 Å². The molecule has 2 rings (SSSR count). The first kappa shape index (κ1) is 14.4. The van der Waals surface area contributed by atoms with Gasteiger partial charge >= 0.3 is 0 Å². The lowest BCUT2D eigenvalue weighted by Crippen LogP contribution is -2.51. The van der Waals surface area contributed by atoms with Gasteiger partial charge in [-0.15, -0.1) is 0 Å². The quantitative estimate of drug-likeness (QED) is 0.908. The van der Waals surface area contributed by atoms with Crippen molar-refractivity contribution in [3.8, 4) is 0 Å². The van der Waals surface area contributed by atoms with E-state index in [1.165, 1.54) is 12.1 Å². The van der Waals surface area contributed by atoms with Gasteiger partial charge in [-0.25, -0.2) is 8.78 Å². The Morgan fingerprint density at radius 2 is 1.84 bits per heavy atom. The second kappa shape index (κ2) is 5.55. The van der Waals surface area contributed by atoms with Gasteiger partial charge in [0.25, 0.3) is 0 Å². The fourth-order valence-electron chi connectivity index (χ4n) is 2.64. The van der Waals surface area contributed by atoms with Crippen LogP contribution in [0.15, 0.2) is 18.2 Å². The Hall–Kier alpha value is -1.00. The van der Waals surface area contributed by atoms with Gasteiger partial charge in [0.05, 0.1) is 6.10 Å². The molecule has 0 bridgehead atoms. The number of nitrogens with zero attached hydrogens (tertiary/aromatic N) is 1. The number of aliphatic hydroxyl groups is 1. The minimum atomic E-state index is -0.858. The van der Waals surface area contributed by atoms with Crippen LogP contribution in [0, 0.1) is 11.6 Å². The lowest BCUT2D eigenvalue weighted by Gasteiger charge is -2.39. The van der Waals surface area contributed by atoms with Gasteiger partial charge in [-0.2, -0.15) is 0 Å². The van der Waals surface area contributed by atoms with Crippen LogP contribution in [-0.4, -0.2) is 34.7 Å². The Labute approximate surface area is 113 Å². The molecule has 1 aliphatic rings. The highest BCUT2D eigenvalue weighted by Crippen LogP contribution is 2.26. The summed E-state index contributed by atoms with van der Waals surface area (Å²) < 4.78 is 26.0. The molecule has 1 saturated heterocycles. The second-order valence-electron chi connectivity index (χ2n) is 5.82. The Morgan fingerprint density at radius 3 is 2.42 bits per heavy atom. The summed E-state index contributed by atoms with van der Waals surface area (Å²) in [6, 6.07) is 3.81. The molecule has 4 heteroatoms. The predicted molar refractivity (Wildman–Crippen MR) is 71.0 cm³/mol. The maximum absolute atomic E-state index is 13.2. The minimum Gasteiger partial charge on any atom is -0.391 e. The van der Waals surface area contributed by atoms with E-state index < -0.39 is 17.7 Å². The zero-order valence-electron chi connectivity index (χ0n) is 11.5. The van der Waals surface area contributed by atoms with Crippen molar-refractivity contribution < 1.29 is 13.9 Å². The lowest BCUT2D eigenvalue weighted by atomic mass is 9.90. The number of hydrogen-bond acceptors (Lipinski definition) is 2. The van der Waals surface area contributed by atoms with Crippen molar-refractivity contribution in [1.82, 2.24) is 4.90 Å². The lowest BCUT2D eigenvalue weighted by molar-refractivity contribution is 0.00333. The third-order valence-electron chi connectivity index (χ3n) is 4.15. The Bertz CT molecular complexity index is 442. The summed E-state index contributed by atoms with van der Waals surface area (Å²) in [7, 11) is 0. The molecule has 0 aliphatic carbocycles. The molecule has 0 saturated carbocycles. The van der Waals surface area contributed by atoms with Crippen LogP contribution in [0.4, 0.5) is 8.78 Å². The molecule has 106 valence electrons. The fourth-order valence-corrected chi connectivity index (χ4v) is 2.64. The van der Waals surface area contributed by atoms with E-state index >= 15 is 0 Å². The maximum atomic E-state index is 13.2. The van der Waals surface area contributed by atoms with E-state index in [-0.39, 0.29) is 5.54 Å². The van der Waals surface area contributed by atoms with Gasteiger partial charge in [0.1, 0.15) is 0 Å². The van der Waals surface area contributed by atoms with Crippen LogP contribution in [0.3, 0.4) is 0 Å². The minimum absolute atomic E-state index is 0.334. The summed E-state index contributed by atoms with van der Waals surface area (Å²) >= 11 is 0. The number of rotatable bonds is 4. The molecule has 0 spiro atoms. The average molecular weight is 269 g/mol. The van der Waals surface area contributed by atoms with Crippen molar-refractivity contribution in [2.24, 2.45) is 0 Å². The molecular formula is C15H21F2NO. The van der Waals surface area contributed by atoms with E-state index in [0.29, 0.717) is 12.0 Å². The standard InChI is InChI=1S/C15H21F2NO/c1-15(2,18-7-3-4-8-18)14(19)10-11-5-6-12(16)13(17)9-11/h5-6,9,14,19H,3-4,7-8,10H2,1-2H3. The molecule has 1 unspecified atom stereocenters. The first-order chi connectivity index (χ1) is 8.91. The van der Waals surface area contributed by atoms with Crippen molar-refractivity contribution in [3.05, 3.63) is 35.4 Å². The first-order valence-electron chi connectivity index (χ1n) is 6.78. The average Bonchev–Trinajstić information content (AvgIpc) is 2.88. The molecule has 1 fully saturated rings. The molecule has 0 amide bonds. The summed E-state index contributed by atoms with van der Waals surface area (Å²) in [6.45, 7) is 5.98. The Kier molecular flexibility index (Phi) is 4.21. The Morgan fingerprint density at radius 1 is 1.21 bits per heavy atom. The van der Waals surface area contributed by atoms with Gasteiger partial charge in [-0.3, -0.25) is 4.90 Å². The van der Waals surface area contributed by atoms with Crippen molar-refractivity contribution in [3.63, 3.8) is 0 Å². The van der Waals surface area contributed by atoms with E-state index in [1.807, 2.05) is 13.8 Å². The summed E-state index contributed by atoms with van der Waals surface area (Å²) in [5.74, 6) is -1.71. The number of likely N-dealkylation sites (tertiary alicyclic amines) is 1. The number of halogens is 2. The maximum Gasteiger partial charge on any atom is 0.159 e. The van der Waals surface area contributed by atoms with Crippen molar-refractivity contribution >= 4 is 0 Å². The molecule has 2 nitrogen and oxygen atoms in total. The second-order valence-corrected chi connectivity index (χ2v) is 5.82. The van der Waals surface area contributed by atoms with Gasteiger partial charge in [-0.1, -0.05) is 6.07 Å². The third kappa shape index (κ3) is 3.12. The molecule has 0 radical (unpaired) electrons. The van der Waals surface area contributed by atoms with Gasteiger partial charge in [0.15, 0.2) is 11.6 Å². The predicted octanol–water partition coefficient (Wildman–Crippen LogP) is 2.74. The largest absolute Gasteiger partial charge is 0.391 e.